The predicted molar refractivity (Wildman–Crippen MR) is 146 cm³/mol. The second kappa shape index (κ2) is 10.8. The minimum absolute atomic E-state index is 0.00536. The molecule has 0 aromatic carbocycles. The highest BCUT2D eigenvalue weighted by atomic mass is 31.2. The summed E-state index contributed by atoms with van der Waals surface area (Å²) >= 11 is 0. The number of rotatable bonds is 2. The van der Waals surface area contributed by atoms with E-state index in [2.05, 4.69) is 29.9 Å². The molecule has 1 saturated carbocycles. The molecule has 242 valence electrons. The average Bonchev–Trinajstić information content (AvgIpc) is 3.72. The van der Waals surface area contributed by atoms with Gasteiger partial charge in [-0.3, -0.25) is 32.4 Å². The summed E-state index contributed by atoms with van der Waals surface area (Å²) in [7, 11) is -10.1. The van der Waals surface area contributed by atoms with Crippen molar-refractivity contribution in [1.82, 2.24) is 39.0 Å². The molecule has 0 radical (unpaired) electrons. The molecule has 6 heterocycles. The number of nitrogens with two attached hydrogens (primary N) is 2. The van der Waals surface area contributed by atoms with E-state index in [0.29, 0.717) is 0 Å². The van der Waals surface area contributed by atoms with E-state index in [1.807, 2.05) is 0 Å². The maximum Gasteiger partial charge on any atom is 0.472 e. The van der Waals surface area contributed by atoms with Crippen molar-refractivity contribution < 1.29 is 51.2 Å². The molecule has 2 saturated heterocycles. The number of ether oxygens (including phenoxy) is 1. The van der Waals surface area contributed by atoms with Crippen LogP contribution in [0.25, 0.3) is 22.3 Å². The molecule has 24 heteroatoms. The number of hydrogen-bond acceptors (Lipinski definition) is 16. The largest absolute Gasteiger partial charge is 0.472 e. The molecule has 2 aliphatic heterocycles. The van der Waals surface area contributed by atoms with Crippen molar-refractivity contribution in [2.75, 3.05) is 24.7 Å². The Kier molecular flexibility index (Phi) is 7.28. The maximum absolute atomic E-state index is 15.9. The summed E-state index contributed by atoms with van der Waals surface area (Å²) in [6.07, 6.45) is -6.86. The van der Waals surface area contributed by atoms with Crippen LogP contribution in [0.2, 0.25) is 0 Å². The third-order valence-corrected chi connectivity index (χ3v) is 9.81. The third-order valence-electron chi connectivity index (χ3n) is 7.84. The van der Waals surface area contributed by atoms with Crippen LogP contribution < -0.4 is 17.0 Å². The number of nitrogens with zero attached hydrogens (tertiary/aromatic N) is 7. The first-order valence-corrected chi connectivity index (χ1v) is 16.3. The van der Waals surface area contributed by atoms with Crippen molar-refractivity contribution in [2.24, 2.45) is 5.92 Å². The molecular formula is C21H25FN10O11P2. The Balaban J connectivity index is 1.21. The lowest BCUT2D eigenvalue weighted by atomic mass is 10.1. The Bertz CT molecular complexity index is 1940. The number of aromatic amines is 1. The van der Waals surface area contributed by atoms with Crippen LogP contribution in [0.1, 0.15) is 18.7 Å². The Hall–Kier alpha value is -3.43. The number of phosphoric ester groups is 2. The number of nitrogens with one attached hydrogen (secondary N) is 1. The fraction of sp³-hybridized carbons (Fsp3) is 0.524. The van der Waals surface area contributed by atoms with E-state index in [9.17, 15) is 28.8 Å². The number of anilines is 2. The maximum atomic E-state index is 15.9. The van der Waals surface area contributed by atoms with Crippen molar-refractivity contribution in [1.29, 1.82) is 0 Å². The number of phosphoric acid groups is 2. The van der Waals surface area contributed by atoms with Crippen molar-refractivity contribution in [3.8, 4) is 0 Å². The summed E-state index contributed by atoms with van der Waals surface area (Å²) in [5.74, 6) is -1.24. The minimum atomic E-state index is -5.07. The van der Waals surface area contributed by atoms with Crippen LogP contribution in [0, 0.1) is 5.92 Å². The zero-order valence-corrected chi connectivity index (χ0v) is 24.4. The Morgan fingerprint density at radius 2 is 1.64 bits per heavy atom. The van der Waals surface area contributed by atoms with Gasteiger partial charge in [-0.15, -0.1) is 0 Å². The van der Waals surface area contributed by atoms with Crippen molar-refractivity contribution in [2.45, 2.75) is 49.3 Å². The van der Waals surface area contributed by atoms with Gasteiger partial charge in [0.05, 0.1) is 38.0 Å². The van der Waals surface area contributed by atoms with Gasteiger partial charge in [-0.25, -0.2) is 33.5 Å². The van der Waals surface area contributed by atoms with Gasteiger partial charge < -0.3 is 35.7 Å². The summed E-state index contributed by atoms with van der Waals surface area (Å²) in [4.78, 5) is 55.9. The lowest BCUT2D eigenvalue weighted by Gasteiger charge is -2.26. The van der Waals surface area contributed by atoms with E-state index in [1.165, 1.54) is 10.9 Å². The van der Waals surface area contributed by atoms with Crippen LogP contribution in [-0.4, -0.2) is 97.7 Å². The SMILES string of the molecule is Nc1nc2c(ncn2[C@@H]2C[C@@H]3COP(=O)(O)O[C@H]4[C@@H](F)[C@H](n5cnc6c(N)ncnc65)O[C@@H]4COP(=O)(O)O[C@@H]2[C@@H]3O)c(=O)[nH]1. The molecule has 4 aromatic heterocycles. The van der Waals surface area contributed by atoms with Gasteiger partial charge in [0.2, 0.25) is 5.95 Å². The van der Waals surface area contributed by atoms with E-state index < -0.39 is 83.2 Å². The number of halogens is 1. The van der Waals surface area contributed by atoms with Crippen LogP contribution in [0.4, 0.5) is 16.2 Å². The lowest BCUT2D eigenvalue weighted by molar-refractivity contribution is -0.0509. The summed E-state index contributed by atoms with van der Waals surface area (Å²) < 4.78 is 71.3. The molecule has 10 atom stereocenters. The molecule has 2 unspecified atom stereocenters. The number of imidazole rings is 2. The molecule has 0 amide bonds. The van der Waals surface area contributed by atoms with Gasteiger partial charge in [0.25, 0.3) is 5.56 Å². The topological polar surface area (TPSA) is 300 Å². The molecule has 45 heavy (non-hydrogen) atoms. The highest BCUT2D eigenvalue weighted by molar-refractivity contribution is 7.47. The van der Waals surface area contributed by atoms with E-state index >= 15 is 4.39 Å². The van der Waals surface area contributed by atoms with E-state index in [0.717, 1.165) is 17.2 Å². The first-order chi connectivity index (χ1) is 21.3. The smallest absolute Gasteiger partial charge is 0.390 e. The lowest BCUT2D eigenvalue weighted by Crippen LogP contribution is -2.34. The second-order valence-electron chi connectivity index (χ2n) is 10.6. The molecular weight excluding hydrogens is 649 g/mol. The van der Waals surface area contributed by atoms with Gasteiger partial charge in [-0.2, -0.15) is 4.98 Å². The van der Waals surface area contributed by atoms with Crippen molar-refractivity contribution in [3.05, 3.63) is 29.3 Å². The van der Waals surface area contributed by atoms with Crippen LogP contribution in [0.15, 0.2) is 23.8 Å². The number of aromatic nitrogens is 8. The fourth-order valence-electron chi connectivity index (χ4n) is 5.80. The predicted octanol–water partition coefficient (Wildman–Crippen LogP) is -0.701. The first kappa shape index (κ1) is 30.2. The van der Waals surface area contributed by atoms with Gasteiger partial charge in [0.15, 0.2) is 35.0 Å². The standard InChI is InChI=1S/C21H25FN10O11P2/c22-10-15-9(41-20(10)32-6-27-11-16(23)25-4-26-17(11)32)3-40-45(37,38)42-14-8(1-7(13(14)33)2-39-44(35,36)43-15)31-5-28-12-18(31)29-21(24)30-19(12)34/h4-10,13-15,20,33H,1-3H2,(H,35,36)(H,37,38)(H2,23,25,26)(H3,24,29,30,34)/t7-,8-,9-,10-,13-,14+,15-,20-/m1/s1. The number of H-pyrrole nitrogens is 1. The first-order valence-electron chi connectivity index (χ1n) is 13.3. The Morgan fingerprint density at radius 1 is 0.956 bits per heavy atom. The number of fused-ring (bicyclic) bond motifs is 5. The van der Waals surface area contributed by atoms with E-state index in [1.54, 1.807) is 0 Å². The van der Waals surface area contributed by atoms with Crippen LogP contribution >= 0.6 is 15.6 Å². The van der Waals surface area contributed by atoms with Crippen molar-refractivity contribution in [3.63, 3.8) is 0 Å². The van der Waals surface area contributed by atoms with Gasteiger partial charge >= 0.3 is 15.6 Å². The van der Waals surface area contributed by atoms with E-state index in [-0.39, 0.29) is 40.5 Å². The summed E-state index contributed by atoms with van der Waals surface area (Å²) in [5.41, 5.74) is 10.9. The summed E-state index contributed by atoms with van der Waals surface area (Å²) in [6, 6.07) is -1.02. The normalized spacial score (nSPS) is 37.7. The van der Waals surface area contributed by atoms with Crippen molar-refractivity contribution >= 4 is 49.7 Å². The molecule has 4 aromatic rings. The quantitative estimate of drug-likeness (QED) is 0.143. The second-order valence-corrected chi connectivity index (χ2v) is 13.4. The molecule has 2 bridgehead atoms. The monoisotopic (exact) mass is 674 g/mol. The molecule has 7 rings (SSSR count). The van der Waals surface area contributed by atoms with Gasteiger partial charge in [-0.05, 0) is 6.42 Å². The molecule has 3 fully saturated rings. The zero-order valence-electron chi connectivity index (χ0n) is 22.6. The summed E-state index contributed by atoms with van der Waals surface area (Å²) in [6.45, 7) is -1.51. The number of hydrogen-bond donors (Lipinski definition) is 6. The molecule has 1 aliphatic carbocycles. The Morgan fingerprint density at radius 3 is 2.42 bits per heavy atom. The zero-order chi connectivity index (χ0) is 31.8. The molecule has 0 spiro atoms. The van der Waals surface area contributed by atoms with Crippen LogP contribution in [0.3, 0.4) is 0 Å². The fourth-order valence-corrected chi connectivity index (χ4v) is 7.77. The Labute approximate surface area is 249 Å². The highest BCUT2D eigenvalue weighted by Crippen LogP contribution is 2.55. The third kappa shape index (κ3) is 5.31. The average molecular weight is 674 g/mol. The van der Waals surface area contributed by atoms with E-state index in [4.69, 9.17) is 34.3 Å². The highest BCUT2D eigenvalue weighted by Gasteiger charge is 2.54. The minimum Gasteiger partial charge on any atom is -0.390 e. The number of nitrogen functional groups attached to an aromatic ring is 2. The van der Waals surface area contributed by atoms with Gasteiger partial charge in [0, 0.05) is 5.92 Å². The molecule has 8 N–H and O–H groups in total. The number of alkyl halides is 1. The molecule has 3 aliphatic rings. The number of aliphatic hydroxyl groups excluding tert-OH is 1. The molecule has 21 nitrogen and oxygen atoms in total. The van der Waals surface area contributed by atoms with Crippen LogP contribution in [-0.2, 0) is 32.0 Å². The summed E-state index contributed by atoms with van der Waals surface area (Å²) in [5, 5.41) is 11.1. The van der Waals surface area contributed by atoms with Crippen LogP contribution in [0.5, 0.6) is 0 Å². The van der Waals surface area contributed by atoms with Gasteiger partial charge in [0.1, 0.15) is 30.2 Å². The number of aliphatic hydroxyl groups is 1. The van der Waals surface area contributed by atoms with Gasteiger partial charge in [-0.1, -0.05) is 0 Å².